The van der Waals surface area contributed by atoms with Gasteiger partial charge in [0.2, 0.25) is 0 Å². The summed E-state index contributed by atoms with van der Waals surface area (Å²) in [6, 6.07) is 29.5. The first-order chi connectivity index (χ1) is 20.4. The van der Waals surface area contributed by atoms with Crippen LogP contribution in [0.1, 0.15) is 11.3 Å². The second-order valence-corrected chi connectivity index (χ2v) is 10.9. The summed E-state index contributed by atoms with van der Waals surface area (Å²) in [5, 5.41) is 3.58. The number of nitrogens with zero attached hydrogens (tertiary/aromatic N) is 4. The summed E-state index contributed by atoms with van der Waals surface area (Å²) >= 11 is 1.30. The van der Waals surface area contributed by atoms with Crippen LogP contribution in [0.3, 0.4) is 0 Å². The van der Waals surface area contributed by atoms with Crippen LogP contribution in [0.4, 0.5) is 0 Å². The van der Waals surface area contributed by atoms with E-state index in [1.54, 1.807) is 40.7 Å². The molecule has 0 unspecified atom stereocenters. The van der Waals surface area contributed by atoms with Gasteiger partial charge >= 0.3 is 5.63 Å². The zero-order chi connectivity index (χ0) is 29.0. The standard InChI is InChI=1S/C33H24N4O4S/c1-20-30(32(40)37(35(20)2)23-11-4-3-5-12-23)36-31(39)25-14-8-9-15-26(25)34-33(36)42-19-22-18-28(38)41-27-17-16-21-10-6-7-13-24(21)29(22)27/h3-18H,19H2,1-2H3. The molecule has 0 N–H and O–H groups in total. The molecule has 8 nitrogen and oxygen atoms in total. The monoisotopic (exact) mass is 572 g/mol. The number of benzene rings is 4. The normalized spacial score (nSPS) is 11.6. The van der Waals surface area contributed by atoms with E-state index in [2.05, 4.69) is 0 Å². The Morgan fingerprint density at radius 2 is 1.52 bits per heavy atom. The highest BCUT2D eigenvalue weighted by molar-refractivity contribution is 7.98. The van der Waals surface area contributed by atoms with Crippen LogP contribution < -0.4 is 16.7 Å². The Kier molecular flexibility index (Phi) is 6.17. The van der Waals surface area contributed by atoms with E-state index < -0.39 is 5.63 Å². The highest BCUT2D eigenvalue weighted by Crippen LogP contribution is 2.32. The van der Waals surface area contributed by atoms with Crippen molar-refractivity contribution in [2.45, 2.75) is 17.8 Å². The van der Waals surface area contributed by atoms with Crippen molar-refractivity contribution in [3.8, 4) is 11.4 Å². The minimum atomic E-state index is -0.457. The fourth-order valence-corrected chi connectivity index (χ4v) is 6.47. The molecule has 0 fully saturated rings. The fourth-order valence-electron chi connectivity index (χ4n) is 5.49. The highest BCUT2D eigenvalue weighted by Gasteiger charge is 2.23. The van der Waals surface area contributed by atoms with Gasteiger partial charge in [-0.2, -0.15) is 0 Å². The first-order valence-corrected chi connectivity index (χ1v) is 14.3. The van der Waals surface area contributed by atoms with Gasteiger partial charge in [0, 0.05) is 24.3 Å². The lowest BCUT2D eigenvalue weighted by Gasteiger charge is -2.13. The third-order valence-corrected chi connectivity index (χ3v) is 8.55. The predicted molar refractivity (Wildman–Crippen MR) is 166 cm³/mol. The number of fused-ring (bicyclic) bond motifs is 4. The van der Waals surface area contributed by atoms with Crippen LogP contribution in [0.2, 0.25) is 0 Å². The molecular formula is C33H24N4O4S. The van der Waals surface area contributed by atoms with E-state index in [1.807, 2.05) is 73.7 Å². The van der Waals surface area contributed by atoms with Gasteiger partial charge in [-0.25, -0.2) is 19.0 Å². The lowest BCUT2D eigenvalue weighted by molar-refractivity contribution is 0.560. The Bertz CT molecular complexity index is 2350. The largest absolute Gasteiger partial charge is 0.423 e. The Morgan fingerprint density at radius 3 is 2.33 bits per heavy atom. The molecule has 0 amide bonds. The molecule has 7 rings (SSSR count). The maximum absolute atomic E-state index is 14.1. The van der Waals surface area contributed by atoms with Gasteiger partial charge in [-0.05, 0) is 53.6 Å². The van der Waals surface area contributed by atoms with Gasteiger partial charge in [-0.1, -0.05) is 72.4 Å². The van der Waals surface area contributed by atoms with Crippen LogP contribution in [-0.2, 0) is 12.8 Å². The predicted octanol–water partition coefficient (Wildman–Crippen LogP) is 5.74. The summed E-state index contributed by atoms with van der Waals surface area (Å²) in [4.78, 5) is 45.4. The van der Waals surface area contributed by atoms with Gasteiger partial charge in [0.15, 0.2) is 5.16 Å². The van der Waals surface area contributed by atoms with Crippen LogP contribution in [-0.4, -0.2) is 18.9 Å². The number of thioether (sulfide) groups is 1. The molecule has 3 aromatic heterocycles. The van der Waals surface area contributed by atoms with Crippen LogP contribution >= 0.6 is 11.8 Å². The fraction of sp³-hybridized carbons (Fsp3) is 0.0909. The van der Waals surface area contributed by atoms with Crippen LogP contribution in [0, 0.1) is 6.92 Å². The quantitative estimate of drug-likeness (QED) is 0.113. The van der Waals surface area contributed by atoms with Crippen molar-refractivity contribution in [2.24, 2.45) is 7.05 Å². The molecule has 0 aliphatic rings. The van der Waals surface area contributed by atoms with Crippen molar-refractivity contribution < 1.29 is 4.42 Å². The van der Waals surface area contributed by atoms with Crippen molar-refractivity contribution in [3.05, 3.63) is 139 Å². The first-order valence-electron chi connectivity index (χ1n) is 13.4. The van der Waals surface area contributed by atoms with Gasteiger partial charge in [-0.3, -0.25) is 14.3 Å². The zero-order valence-corrected chi connectivity index (χ0v) is 23.6. The second kappa shape index (κ2) is 10.0. The SMILES string of the molecule is Cc1c(-n2c(SCc3cc(=O)oc4ccc5ccccc5c34)nc3ccccc3c2=O)c(=O)n(-c2ccccc2)n1C. The molecule has 4 aromatic carbocycles. The first kappa shape index (κ1) is 25.8. The van der Waals surface area contributed by atoms with Crippen LogP contribution in [0.15, 0.2) is 121 Å². The maximum atomic E-state index is 14.1. The molecule has 0 spiro atoms. The summed E-state index contributed by atoms with van der Waals surface area (Å²) in [7, 11) is 1.79. The molecule has 0 bridgehead atoms. The molecule has 0 saturated heterocycles. The van der Waals surface area contributed by atoms with Crippen LogP contribution in [0.25, 0.3) is 44.0 Å². The smallest absolute Gasteiger partial charge is 0.336 e. The van der Waals surface area contributed by atoms with E-state index in [0.717, 1.165) is 21.7 Å². The molecule has 42 heavy (non-hydrogen) atoms. The second-order valence-electron chi connectivity index (χ2n) is 10.0. The van der Waals surface area contributed by atoms with Gasteiger partial charge in [0.05, 0.1) is 22.3 Å². The van der Waals surface area contributed by atoms with Crippen molar-refractivity contribution in [1.82, 2.24) is 18.9 Å². The van der Waals surface area contributed by atoms with E-state index in [-0.39, 0.29) is 16.8 Å². The summed E-state index contributed by atoms with van der Waals surface area (Å²) in [5.74, 6) is 0.319. The number of hydrogen-bond donors (Lipinski definition) is 0. The summed E-state index contributed by atoms with van der Waals surface area (Å²) < 4.78 is 10.2. The maximum Gasteiger partial charge on any atom is 0.336 e. The number of para-hydroxylation sites is 2. The minimum absolute atomic E-state index is 0.231. The molecule has 9 heteroatoms. The van der Waals surface area contributed by atoms with Gasteiger partial charge in [0.1, 0.15) is 11.3 Å². The van der Waals surface area contributed by atoms with Gasteiger partial charge in [-0.15, -0.1) is 0 Å². The highest BCUT2D eigenvalue weighted by atomic mass is 32.2. The molecule has 0 atom stereocenters. The summed E-state index contributed by atoms with van der Waals surface area (Å²) in [6.45, 7) is 1.81. The van der Waals surface area contributed by atoms with E-state index in [1.165, 1.54) is 22.4 Å². The molecule has 0 radical (unpaired) electrons. The lowest BCUT2D eigenvalue weighted by Crippen LogP contribution is -2.28. The lowest BCUT2D eigenvalue weighted by atomic mass is 10.0. The topological polar surface area (TPSA) is 92.0 Å². The van der Waals surface area contributed by atoms with Crippen LogP contribution in [0.5, 0.6) is 0 Å². The Hall–Kier alpha value is -5.15. The van der Waals surface area contributed by atoms with Crippen molar-refractivity contribution in [1.29, 1.82) is 0 Å². The van der Waals surface area contributed by atoms with Gasteiger partial charge in [0.25, 0.3) is 11.1 Å². The molecule has 206 valence electrons. The van der Waals surface area contributed by atoms with E-state index in [9.17, 15) is 14.4 Å². The van der Waals surface area contributed by atoms with Crippen molar-refractivity contribution in [2.75, 3.05) is 0 Å². The number of aromatic nitrogens is 4. The summed E-state index contributed by atoms with van der Waals surface area (Å²) in [6.07, 6.45) is 0. The van der Waals surface area contributed by atoms with Crippen molar-refractivity contribution in [3.63, 3.8) is 0 Å². The molecule has 7 aromatic rings. The number of rotatable bonds is 5. The average molecular weight is 573 g/mol. The van der Waals surface area contributed by atoms with Crippen molar-refractivity contribution >= 4 is 44.4 Å². The Labute approximate surface area is 243 Å². The molecule has 0 saturated carbocycles. The third-order valence-electron chi connectivity index (χ3n) is 7.56. The van der Waals surface area contributed by atoms with E-state index in [0.29, 0.717) is 38.8 Å². The molecule has 0 aliphatic heterocycles. The molecule has 0 aliphatic carbocycles. The average Bonchev–Trinajstić information content (AvgIpc) is 3.23. The third kappa shape index (κ3) is 4.09. The Balaban J connectivity index is 1.44. The molecular weight excluding hydrogens is 548 g/mol. The van der Waals surface area contributed by atoms with E-state index in [4.69, 9.17) is 9.40 Å². The molecule has 3 heterocycles. The number of hydrogen-bond acceptors (Lipinski definition) is 6. The zero-order valence-electron chi connectivity index (χ0n) is 22.8. The van der Waals surface area contributed by atoms with Gasteiger partial charge < -0.3 is 4.42 Å². The summed E-state index contributed by atoms with van der Waals surface area (Å²) in [5.41, 5.74) is 2.18. The minimum Gasteiger partial charge on any atom is -0.423 e. The Morgan fingerprint density at radius 1 is 0.810 bits per heavy atom. The van der Waals surface area contributed by atoms with E-state index >= 15 is 0 Å².